The van der Waals surface area contributed by atoms with E-state index in [2.05, 4.69) is 79.9 Å². The van der Waals surface area contributed by atoms with Crippen LogP contribution in [-0.2, 0) is 58.9 Å². The van der Waals surface area contributed by atoms with Crippen molar-refractivity contribution < 1.29 is 35.3 Å². The highest BCUT2D eigenvalue weighted by Gasteiger charge is 2.13. The van der Waals surface area contributed by atoms with Gasteiger partial charge in [-0.05, 0) is 121 Å². The Morgan fingerprint density at radius 3 is 0.822 bits per heavy atom. The summed E-state index contributed by atoms with van der Waals surface area (Å²) in [4.78, 5) is 70.4. The van der Waals surface area contributed by atoms with E-state index in [1.54, 1.807) is 155 Å². The zero-order chi connectivity index (χ0) is 102. The van der Waals surface area contributed by atoms with Crippen molar-refractivity contribution in [3.8, 4) is 0 Å². The van der Waals surface area contributed by atoms with E-state index in [-0.39, 0.29) is 89.4 Å². The third-order valence-corrected chi connectivity index (χ3v) is 16.6. The number of furan rings is 8. The number of nitrogens with two attached hydrogens (primary N) is 21. The first-order chi connectivity index (χ1) is 63.2. The Morgan fingerprint density at radius 1 is 0.281 bits per heavy atom. The van der Waals surface area contributed by atoms with Gasteiger partial charge in [-0.15, -0.1) is 0 Å². The van der Waals surface area contributed by atoms with E-state index in [9.17, 15) is 0 Å². The topological polar surface area (TPSA) is 944 Å². The molecule has 0 aliphatic heterocycles. The lowest BCUT2D eigenvalue weighted by molar-refractivity contribution is 0.474. The number of hydrogen-bond donors (Lipinski definition) is 25. The van der Waals surface area contributed by atoms with Crippen LogP contribution in [0, 0.1) is 78.5 Å². The third kappa shape index (κ3) is 51.7. The molecular weight excluding hydrogens is 1750 g/mol. The molecule has 46 N–H and O–H groups in total. The molecule has 9 aromatic rings. The van der Waals surface area contributed by atoms with Gasteiger partial charge < -0.3 is 190 Å². The number of rotatable bonds is 18. The van der Waals surface area contributed by atoms with Crippen molar-refractivity contribution in [1.29, 1.82) is 16.2 Å². The number of nitrogens with zero attached hydrogens (tertiary/aromatic N) is 21. The van der Waals surface area contributed by atoms with Crippen LogP contribution < -0.4 is 120 Å². The maximum absolute atomic E-state index is 7.55. The Labute approximate surface area is 782 Å². The minimum absolute atomic E-state index is 0.0221. The normalized spacial score (nSPS) is 11.4. The van der Waals surface area contributed by atoms with Crippen molar-refractivity contribution in [2.75, 3.05) is 63.4 Å². The summed E-state index contributed by atoms with van der Waals surface area (Å²) in [7, 11) is 15.9. The zero-order valence-corrected chi connectivity index (χ0v) is 79.5. The van der Waals surface area contributed by atoms with Crippen molar-refractivity contribution in [2.45, 2.75) is 121 Å². The zero-order valence-electron chi connectivity index (χ0n) is 79.5. The summed E-state index contributed by atoms with van der Waals surface area (Å²) in [6.07, 6.45) is 20.1. The van der Waals surface area contributed by atoms with Crippen LogP contribution in [0.4, 0.5) is 0 Å². The Bertz CT molecular complexity index is 5340. The first kappa shape index (κ1) is 115. The van der Waals surface area contributed by atoms with Gasteiger partial charge in [-0.3, -0.25) is 16.2 Å². The standard InChI is InChI=1S/C10H18N6.2C10H17N5O.3C9H15N5O.3C8H13N5O/c1-7-4-13-5-8(7)6-14-9(11)15-10(12)16(2)3;1-7-4-8(6-16-7)5-13-9(11)14-10(12)15(2)3;1-7-8(4-5-16-7)6-13-9(11)14-10(12)15(2)3;1-6-4-15-5-7(6)3-14(2)9(12)13-8(10)11;1-6-3-7(5-15-6)4-14(2)9(12)13-8(10)11;1-6-7(3-4-15-6)5-14(2)9(12)13-8(10)11;1-5-3-14-4-6(5)2-12-8(11)13-7(9)10;1-5-2-6(4-14-5)3-12-8(11)13-7(9)10;1-5-6(2-3-14-5)4-12-8(11)13-7(9)10/h4-5,13H,6H2,1-3H3,(H4,11,12,14,15);4,6H,5H2,1-3H3,(H4,11,12,13,14);4-5H,6H2,1-3H3,(H4,11,12,13,14);4-5H,3H2,1-2H3,(H5,10,11,12,13);3,5H,4H2,1-2H3,(H5,10,11,12,13);3-4H,5H2,1-2H3,(H5,10,11,12,13);3-4H,2H2,1H3,(H6,9,10,11,12,13);2,4H,3H2,1H3,(H6,9,10,11,12,13);2-3H,4H2,1H3,(H6,9,10,11,12,13). The van der Waals surface area contributed by atoms with Gasteiger partial charge in [0.2, 0.25) is 53.6 Å². The molecule has 0 fully saturated rings. The highest BCUT2D eigenvalue weighted by atomic mass is 16.3. The van der Waals surface area contributed by atoms with E-state index in [0.29, 0.717) is 76.8 Å². The van der Waals surface area contributed by atoms with E-state index < -0.39 is 0 Å². The van der Waals surface area contributed by atoms with Gasteiger partial charge >= 0.3 is 0 Å². The Hall–Kier alpha value is -17.8. The monoisotopic (exact) mass is 1880 g/mol. The summed E-state index contributed by atoms with van der Waals surface area (Å²) in [5.74, 6) is 6.08. The minimum Gasteiger partial charge on any atom is -0.472 e. The fraction of sp³-hybridized carbons (Fsp3) is 0.333. The number of aliphatic imine (C=N–C) groups is 15. The molecule has 0 unspecified atom stereocenters. The quantitative estimate of drug-likeness (QED) is 0.0405. The molecule has 0 atom stereocenters. The van der Waals surface area contributed by atoms with Crippen molar-refractivity contribution >= 4 is 107 Å². The van der Waals surface area contributed by atoms with Gasteiger partial charge in [0.25, 0.3) is 0 Å². The van der Waals surface area contributed by atoms with Gasteiger partial charge in [-0.25, -0.2) is 30.0 Å². The summed E-state index contributed by atoms with van der Waals surface area (Å²) in [6.45, 7) is 21.3. The van der Waals surface area contributed by atoms with Crippen LogP contribution in [-0.4, -0.2) is 205 Å². The molecule has 0 saturated heterocycles. The van der Waals surface area contributed by atoms with Gasteiger partial charge in [-0.2, -0.15) is 44.9 Å². The average molecular weight is 1880 g/mol. The van der Waals surface area contributed by atoms with E-state index in [0.717, 1.165) is 101 Å². The van der Waals surface area contributed by atoms with Gasteiger partial charge in [0.1, 0.15) is 34.6 Å². The molecule has 9 rings (SSSR count). The molecule has 9 heterocycles. The van der Waals surface area contributed by atoms with Gasteiger partial charge in [0.15, 0.2) is 53.6 Å². The van der Waals surface area contributed by atoms with Crippen molar-refractivity contribution in [1.82, 2.24) is 34.4 Å². The first-order valence-electron chi connectivity index (χ1n) is 39.9. The van der Waals surface area contributed by atoms with Crippen LogP contribution in [0.3, 0.4) is 0 Å². The van der Waals surface area contributed by atoms with Gasteiger partial charge in [0, 0.05) is 140 Å². The van der Waals surface area contributed by atoms with Crippen molar-refractivity contribution in [2.24, 2.45) is 195 Å². The smallest absolute Gasteiger partial charge is 0.221 e. The SMILES string of the molecule is Cc1c[nH]cc1CN=C(N)N=C(N)N(C)C.Cc1cc(CN(C)C(=N)N=C(N)N)co1.Cc1cc(CN=C(N)N=C(N)N(C)C)co1.Cc1cc(CN=C(N)N=C(N)N)co1.Cc1cocc1CN(C)C(=N)N=C(N)N.Cc1cocc1CN=C(N)N=C(N)N.Cc1occc1CN(C)C(=N)N=C(N)N.Cc1occc1CN=C(N)N=C(N)N.Cc1occc1CN=C(N)N=C(N)N(C)C. The summed E-state index contributed by atoms with van der Waals surface area (Å²) in [5.41, 5.74) is 124. The molecule has 0 aliphatic carbocycles. The second-order valence-corrected chi connectivity index (χ2v) is 28.9. The molecule has 0 spiro atoms. The largest absolute Gasteiger partial charge is 0.472 e. The van der Waals surface area contributed by atoms with Crippen LogP contribution in [0.15, 0.2) is 222 Å². The highest BCUT2D eigenvalue weighted by Crippen LogP contribution is 2.17. The third-order valence-electron chi connectivity index (χ3n) is 16.6. The predicted molar refractivity (Wildman–Crippen MR) is 533 cm³/mol. The van der Waals surface area contributed by atoms with Crippen LogP contribution in [0.5, 0.6) is 0 Å². The number of aromatic amines is 1. The predicted octanol–water partition coefficient (Wildman–Crippen LogP) is 0.284. The van der Waals surface area contributed by atoms with Crippen LogP contribution in [0.2, 0.25) is 0 Å². The van der Waals surface area contributed by atoms with Gasteiger partial charge in [-0.1, -0.05) is 0 Å². The van der Waals surface area contributed by atoms with Crippen LogP contribution in [0.1, 0.15) is 101 Å². The fourth-order valence-corrected chi connectivity index (χ4v) is 9.11. The number of aryl methyl sites for hydroxylation is 9. The lowest BCUT2D eigenvalue weighted by Gasteiger charge is -2.15. The molecule has 0 bridgehead atoms. The number of H-pyrrole nitrogens is 1. The van der Waals surface area contributed by atoms with E-state index >= 15 is 0 Å². The van der Waals surface area contributed by atoms with Crippen molar-refractivity contribution in [3.05, 3.63) is 213 Å². The number of hydrogen-bond acceptors (Lipinski definition) is 17. The number of aromatic nitrogens is 1. The van der Waals surface area contributed by atoms with Crippen molar-refractivity contribution in [3.63, 3.8) is 0 Å². The summed E-state index contributed by atoms with van der Waals surface area (Å²) in [5, 5.41) is 22.6. The molecular formula is C81H136N46O8. The molecule has 738 valence electrons. The molecule has 0 aliphatic rings. The first-order valence-corrected chi connectivity index (χ1v) is 39.9. The summed E-state index contributed by atoms with van der Waals surface area (Å²) >= 11 is 0. The molecule has 135 heavy (non-hydrogen) atoms. The second-order valence-electron chi connectivity index (χ2n) is 28.9. The van der Waals surface area contributed by atoms with Crippen LogP contribution >= 0.6 is 0 Å². The van der Waals surface area contributed by atoms with Crippen LogP contribution in [0.25, 0.3) is 0 Å². The lowest BCUT2D eigenvalue weighted by atomic mass is 10.2. The Morgan fingerprint density at radius 2 is 0.556 bits per heavy atom. The Kier molecular flexibility index (Phi) is 51.9. The molecule has 0 saturated carbocycles. The summed E-state index contributed by atoms with van der Waals surface area (Å²) < 4.78 is 40.7. The molecule has 0 radical (unpaired) electrons. The average Bonchev–Trinajstić information content (AvgIpc) is 1.77. The molecule has 54 heteroatoms. The van der Waals surface area contributed by atoms with Gasteiger partial charge in [0.05, 0.1) is 102 Å². The molecule has 54 nitrogen and oxygen atoms in total. The molecule has 0 aromatic carbocycles. The number of guanidine groups is 18. The number of nitrogens with one attached hydrogen (secondary N) is 4. The maximum Gasteiger partial charge on any atom is 0.221 e. The van der Waals surface area contributed by atoms with E-state index in [1.165, 1.54) is 0 Å². The lowest BCUT2D eigenvalue weighted by Crippen LogP contribution is -2.32. The minimum atomic E-state index is -0.116. The molecule has 9 aromatic heterocycles. The summed E-state index contributed by atoms with van der Waals surface area (Å²) in [6, 6.07) is 11.2. The fourth-order valence-electron chi connectivity index (χ4n) is 9.11. The Balaban J connectivity index is 0.000000760. The van der Waals surface area contributed by atoms with E-state index in [1.807, 2.05) is 111 Å². The molecule has 0 amide bonds. The highest BCUT2D eigenvalue weighted by molar-refractivity contribution is 5.97. The van der Waals surface area contributed by atoms with E-state index in [4.69, 9.17) is 172 Å². The maximum atomic E-state index is 7.55. The second kappa shape index (κ2) is 60.8.